The van der Waals surface area contributed by atoms with Crippen molar-refractivity contribution in [2.75, 3.05) is 13.4 Å². The molecule has 1 unspecified atom stereocenters. The fourth-order valence-corrected chi connectivity index (χ4v) is 2.49. The summed E-state index contributed by atoms with van der Waals surface area (Å²) in [6.45, 7) is 0. The largest absolute Gasteiger partial charge is 0.497 e. The monoisotopic (exact) mass is 260 g/mol. The normalized spacial score (nSPS) is 12.2. The first-order valence-electron chi connectivity index (χ1n) is 5.71. The molecule has 18 heavy (non-hydrogen) atoms. The van der Waals surface area contributed by atoms with Crippen LogP contribution in [-0.4, -0.2) is 18.5 Å². The van der Waals surface area contributed by atoms with Crippen molar-refractivity contribution in [2.45, 2.75) is 11.0 Å². The molecule has 94 valence electrons. The molecule has 0 amide bonds. The van der Waals surface area contributed by atoms with Gasteiger partial charge in [0, 0.05) is 4.90 Å². The van der Waals surface area contributed by atoms with Crippen LogP contribution in [0.1, 0.15) is 17.2 Å². The predicted molar refractivity (Wildman–Crippen MR) is 75.3 cm³/mol. The van der Waals surface area contributed by atoms with E-state index in [9.17, 15) is 5.11 Å². The third-order valence-electron chi connectivity index (χ3n) is 2.87. The van der Waals surface area contributed by atoms with E-state index >= 15 is 0 Å². The SMILES string of the molecule is COc1ccc(C(O)c2ccccc2SC)cc1. The van der Waals surface area contributed by atoms with Crippen molar-refractivity contribution in [3.8, 4) is 5.75 Å². The van der Waals surface area contributed by atoms with Crippen LogP contribution in [0.3, 0.4) is 0 Å². The molecule has 0 aliphatic heterocycles. The van der Waals surface area contributed by atoms with Gasteiger partial charge in [-0.3, -0.25) is 0 Å². The second kappa shape index (κ2) is 5.94. The molecule has 0 heterocycles. The quantitative estimate of drug-likeness (QED) is 0.853. The van der Waals surface area contributed by atoms with Gasteiger partial charge in [-0.15, -0.1) is 11.8 Å². The molecule has 0 saturated heterocycles. The van der Waals surface area contributed by atoms with E-state index in [0.717, 1.165) is 21.8 Å². The molecule has 0 saturated carbocycles. The third kappa shape index (κ3) is 2.68. The molecule has 3 heteroatoms. The van der Waals surface area contributed by atoms with Crippen LogP contribution < -0.4 is 4.74 Å². The molecule has 0 aliphatic carbocycles. The lowest BCUT2D eigenvalue weighted by Crippen LogP contribution is -2.01. The van der Waals surface area contributed by atoms with Crippen molar-refractivity contribution in [2.24, 2.45) is 0 Å². The first kappa shape index (κ1) is 13.0. The molecule has 0 spiro atoms. The fraction of sp³-hybridized carbons (Fsp3) is 0.200. The van der Waals surface area contributed by atoms with Gasteiger partial charge >= 0.3 is 0 Å². The van der Waals surface area contributed by atoms with Gasteiger partial charge in [0.25, 0.3) is 0 Å². The zero-order chi connectivity index (χ0) is 13.0. The van der Waals surface area contributed by atoms with Gasteiger partial charge in [0.2, 0.25) is 0 Å². The molecule has 2 rings (SSSR count). The lowest BCUT2D eigenvalue weighted by atomic mass is 10.0. The van der Waals surface area contributed by atoms with E-state index in [0.29, 0.717) is 0 Å². The Bertz CT molecular complexity index is 508. The Kier molecular flexibility index (Phi) is 4.28. The molecular formula is C15H16O2S. The van der Waals surface area contributed by atoms with Gasteiger partial charge < -0.3 is 9.84 Å². The Labute approximate surface area is 112 Å². The lowest BCUT2D eigenvalue weighted by Gasteiger charge is -2.15. The number of methoxy groups -OCH3 is 1. The molecule has 1 N–H and O–H groups in total. The Morgan fingerprint density at radius 3 is 2.33 bits per heavy atom. The van der Waals surface area contributed by atoms with Crippen molar-refractivity contribution >= 4 is 11.8 Å². The highest BCUT2D eigenvalue weighted by atomic mass is 32.2. The third-order valence-corrected chi connectivity index (χ3v) is 3.68. The molecule has 2 aromatic rings. The number of aliphatic hydroxyl groups excluding tert-OH is 1. The Morgan fingerprint density at radius 1 is 1.06 bits per heavy atom. The van der Waals surface area contributed by atoms with E-state index in [1.807, 2.05) is 54.8 Å². The summed E-state index contributed by atoms with van der Waals surface area (Å²) in [5.41, 5.74) is 1.81. The summed E-state index contributed by atoms with van der Waals surface area (Å²) >= 11 is 1.64. The number of hydrogen-bond donors (Lipinski definition) is 1. The van der Waals surface area contributed by atoms with E-state index in [-0.39, 0.29) is 0 Å². The van der Waals surface area contributed by atoms with Crippen LogP contribution in [0.5, 0.6) is 5.75 Å². The highest BCUT2D eigenvalue weighted by molar-refractivity contribution is 7.98. The summed E-state index contributed by atoms with van der Waals surface area (Å²) < 4.78 is 5.11. The van der Waals surface area contributed by atoms with Crippen LogP contribution in [0.25, 0.3) is 0 Å². The summed E-state index contributed by atoms with van der Waals surface area (Å²) in [4.78, 5) is 1.10. The number of aliphatic hydroxyl groups is 1. The molecule has 0 fully saturated rings. The van der Waals surface area contributed by atoms with Gasteiger partial charge in [0.05, 0.1) is 7.11 Å². The smallest absolute Gasteiger partial charge is 0.118 e. The first-order valence-corrected chi connectivity index (χ1v) is 6.93. The summed E-state index contributed by atoms with van der Waals surface area (Å²) in [7, 11) is 1.63. The maximum Gasteiger partial charge on any atom is 0.118 e. The molecule has 0 radical (unpaired) electrons. The Balaban J connectivity index is 2.31. The summed E-state index contributed by atoms with van der Waals surface area (Å²) in [5, 5.41) is 10.4. The van der Waals surface area contributed by atoms with Gasteiger partial charge in [0.15, 0.2) is 0 Å². The molecule has 2 aromatic carbocycles. The minimum absolute atomic E-state index is 0.598. The molecule has 1 atom stereocenters. The van der Waals surface area contributed by atoms with Gasteiger partial charge in [-0.2, -0.15) is 0 Å². The van der Waals surface area contributed by atoms with Crippen LogP contribution in [0.2, 0.25) is 0 Å². The Hall–Kier alpha value is -1.45. The van der Waals surface area contributed by atoms with E-state index in [4.69, 9.17) is 4.74 Å². The van der Waals surface area contributed by atoms with Crippen LogP contribution in [-0.2, 0) is 0 Å². The topological polar surface area (TPSA) is 29.5 Å². The number of rotatable bonds is 4. The van der Waals surface area contributed by atoms with Crippen LogP contribution >= 0.6 is 11.8 Å². The molecule has 0 bridgehead atoms. The van der Waals surface area contributed by atoms with Crippen molar-refractivity contribution in [1.29, 1.82) is 0 Å². The van der Waals surface area contributed by atoms with Gasteiger partial charge in [0.1, 0.15) is 11.9 Å². The van der Waals surface area contributed by atoms with E-state index in [1.54, 1.807) is 18.9 Å². The van der Waals surface area contributed by atoms with Crippen LogP contribution in [0.4, 0.5) is 0 Å². The second-order valence-corrected chi connectivity index (χ2v) is 4.77. The lowest BCUT2D eigenvalue weighted by molar-refractivity contribution is 0.217. The van der Waals surface area contributed by atoms with E-state index in [2.05, 4.69) is 0 Å². The summed E-state index contributed by atoms with van der Waals surface area (Å²) in [6, 6.07) is 15.4. The highest BCUT2D eigenvalue weighted by Gasteiger charge is 2.13. The van der Waals surface area contributed by atoms with Crippen LogP contribution in [0, 0.1) is 0 Å². The molecule has 0 aromatic heterocycles. The van der Waals surface area contributed by atoms with Crippen LogP contribution in [0.15, 0.2) is 53.4 Å². The highest BCUT2D eigenvalue weighted by Crippen LogP contribution is 2.30. The maximum atomic E-state index is 10.4. The van der Waals surface area contributed by atoms with E-state index in [1.165, 1.54) is 0 Å². The standard InChI is InChI=1S/C15H16O2S/c1-17-12-9-7-11(8-10-12)15(16)13-5-3-4-6-14(13)18-2/h3-10,15-16H,1-2H3. The predicted octanol–water partition coefficient (Wildman–Crippen LogP) is 3.50. The van der Waals surface area contributed by atoms with Crippen molar-refractivity contribution in [1.82, 2.24) is 0 Å². The summed E-state index contributed by atoms with van der Waals surface area (Å²) in [5.74, 6) is 0.795. The molecule has 0 aliphatic rings. The zero-order valence-electron chi connectivity index (χ0n) is 10.5. The minimum Gasteiger partial charge on any atom is -0.497 e. The maximum absolute atomic E-state index is 10.4. The number of thioether (sulfide) groups is 1. The van der Waals surface area contributed by atoms with Gasteiger partial charge in [-0.05, 0) is 35.6 Å². The van der Waals surface area contributed by atoms with Crippen molar-refractivity contribution < 1.29 is 9.84 Å². The average molecular weight is 260 g/mol. The zero-order valence-corrected chi connectivity index (χ0v) is 11.3. The van der Waals surface area contributed by atoms with Gasteiger partial charge in [-0.25, -0.2) is 0 Å². The molecular weight excluding hydrogens is 244 g/mol. The van der Waals surface area contributed by atoms with Gasteiger partial charge in [-0.1, -0.05) is 30.3 Å². The van der Waals surface area contributed by atoms with Crippen molar-refractivity contribution in [3.63, 3.8) is 0 Å². The number of hydrogen-bond acceptors (Lipinski definition) is 3. The van der Waals surface area contributed by atoms with E-state index < -0.39 is 6.10 Å². The average Bonchev–Trinajstić information content (AvgIpc) is 2.46. The van der Waals surface area contributed by atoms with Crippen molar-refractivity contribution in [3.05, 3.63) is 59.7 Å². The fourth-order valence-electron chi connectivity index (χ4n) is 1.86. The summed E-state index contributed by atoms with van der Waals surface area (Å²) in [6.07, 6.45) is 1.42. The first-order chi connectivity index (χ1) is 8.76. The minimum atomic E-state index is -0.598. The molecule has 2 nitrogen and oxygen atoms in total. The second-order valence-electron chi connectivity index (χ2n) is 3.92. The number of ether oxygens (including phenoxy) is 1. The Morgan fingerprint density at radius 2 is 1.72 bits per heavy atom. The number of benzene rings is 2.